The lowest BCUT2D eigenvalue weighted by atomic mass is 9.49. The quantitative estimate of drug-likeness (QED) is 0.591. The van der Waals surface area contributed by atoms with E-state index in [9.17, 15) is 0 Å². The third-order valence-corrected chi connectivity index (χ3v) is 5.21. The van der Waals surface area contributed by atoms with Gasteiger partial charge in [0.15, 0.2) is 0 Å². The van der Waals surface area contributed by atoms with Crippen molar-refractivity contribution in [1.29, 1.82) is 0 Å². The van der Waals surface area contributed by atoms with Crippen LogP contribution in [0.15, 0.2) is 4.99 Å². The second-order valence-electron chi connectivity index (χ2n) is 7.32. The van der Waals surface area contributed by atoms with Crippen LogP contribution in [0.5, 0.6) is 0 Å². The molecule has 0 aromatic carbocycles. The Morgan fingerprint density at radius 3 is 2.00 bits per heavy atom. The molecule has 2 N–H and O–H groups in total. The zero-order chi connectivity index (χ0) is 12.0. The molecule has 2 heteroatoms. The first kappa shape index (κ1) is 11.6. The molecule has 0 amide bonds. The normalized spacial score (nSPS) is 44.6. The minimum absolute atomic E-state index is 0.323. The average Bonchev–Trinajstić information content (AvgIpc) is 2.23. The van der Waals surface area contributed by atoms with Crippen LogP contribution >= 0.6 is 0 Å². The summed E-state index contributed by atoms with van der Waals surface area (Å²) >= 11 is 0. The van der Waals surface area contributed by atoms with E-state index in [0.717, 1.165) is 30.1 Å². The highest BCUT2D eigenvalue weighted by molar-refractivity contribution is 5.87. The Balaban J connectivity index is 1.79. The second kappa shape index (κ2) is 4.00. The van der Waals surface area contributed by atoms with Gasteiger partial charge in [0.25, 0.3) is 0 Å². The summed E-state index contributed by atoms with van der Waals surface area (Å²) in [4.78, 5) is 4.71. The van der Waals surface area contributed by atoms with Gasteiger partial charge in [-0.1, -0.05) is 13.8 Å². The number of aliphatic imine (C=N–C) groups is 1. The standard InChI is InChI=1S/C15H26N2/c1-10(2)9-17-14(16)15-6-11-3-12(7-15)5-13(4-11)8-15/h10-13H,3-9H2,1-2H3,(H2,16,17). The molecule has 0 aromatic rings. The van der Waals surface area contributed by atoms with Crippen LogP contribution in [-0.2, 0) is 0 Å². The molecule has 4 saturated carbocycles. The van der Waals surface area contributed by atoms with E-state index >= 15 is 0 Å². The SMILES string of the molecule is CC(C)CN=C(N)C12CC3CC(CC(C3)C1)C2. The van der Waals surface area contributed by atoms with Crippen molar-refractivity contribution in [2.24, 2.45) is 39.8 Å². The van der Waals surface area contributed by atoms with E-state index in [1.807, 2.05) is 0 Å². The number of hydrogen-bond acceptors (Lipinski definition) is 1. The van der Waals surface area contributed by atoms with Crippen LogP contribution in [0, 0.1) is 29.1 Å². The minimum atomic E-state index is 0.323. The van der Waals surface area contributed by atoms with Gasteiger partial charge >= 0.3 is 0 Å². The van der Waals surface area contributed by atoms with E-state index in [2.05, 4.69) is 13.8 Å². The van der Waals surface area contributed by atoms with Crippen molar-refractivity contribution in [1.82, 2.24) is 0 Å². The summed E-state index contributed by atoms with van der Waals surface area (Å²) in [5, 5.41) is 0. The lowest BCUT2D eigenvalue weighted by Gasteiger charge is -2.56. The largest absolute Gasteiger partial charge is 0.387 e. The predicted molar refractivity (Wildman–Crippen MR) is 71.9 cm³/mol. The van der Waals surface area contributed by atoms with Gasteiger partial charge < -0.3 is 5.73 Å². The lowest BCUT2D eigenvalue weighted by molar-refractivity contribution is -0.0131. The van der Waals surface area contributed by atoms with E-state index in [1.54, 1.807) is 0 Å². The van der Waals surface area contributed by atoms with Gasteiger partial charge in [-0.2, -0.15) is 0 Å². The summed E-state index contributed by atoms with van der Waals surface area (Å²) in [5.74, 6) is 4.53. The highest BCUT2D eigenvalue weighted by Crippen LogP contribution is 2.60. The van der Waals surface area contributed by atoms with Crippen molar-refractivity contribution >= 4 is 5.84 Å². The van der Waals surface area contributed by atoms with E-state index in [0.29, 0.717) is 11.3 Å². The summed E-state index contributed by atoms with van der Waals surface area (Å²) in [7, 11) is 0. The van der Waals surface area contributed by atoms with Crippen LogP contribution in [0.1, 0.15) is 52.4 Å². The van der Waals surface area contributed by atoms with Crippen LogP contribution in [0.25, 0.3) is 0 Å². The molecule has 96 valence electrons. The van der Waals surface area contributed by atoms with Crippen molar-refractivity contribution in [2.75, 3.05) is 6.54 Å². The van der Waals surface area contributed by atoms with Crippen molar-refractivity contribution in [3.8, 4) is 0 Å². The molecule has 0 saturated heterocycles. The van der Waals surface area contributed by atoms with E-state index in [1.165, 1.54) is 38.5 Å². The summed E-state index contributed by atoms with van der Waals surface area (Å²) in [6.45, 7) is 5.35. The first-order valence-corrected chi connectivity index (χ1v) is 7.38. The number of rotatable bonds is 3. The average molecular weight is 234 g/mol. The van der Waals surface area contributed by atoms with E-state index in [4.69, 9.17) is 10.7 Å². The Kier molecular flexibility index (Phi) is 2.72. The topological polar surface area (TPSA) is 38.4 Å². The molecule has 2 nitrogen and oxygen atoms in total. The Labute approximate surface area is 105 Å². The fourth-order valence-corrected chi connectivity index (χ4v) is 4.87. The maximum atomic E-state index is 6.37. The molecule has 4 aliphatic carbocycles. The van der Waals surface area contributed by atoms with Crippen LogP contribution in [-0.4, -0.2) is 12.4 Å². The summed E-state index contributed by atoms with van der Waals surface area (Å²) in [6, 6.07) is 0. The molecular formula is C15H26N2. The van der Waals surface area contributed by atoms with Gasteiger partial charge in [0, 0.05) is 12.0 Å². The van der Waals surface area contributed by atoms with Gasteiger partial charge in [0.1, 0.15) is 0 Å². The molecule has 0 unspecified atom stereocenters. The zero-order valence-corrected chi connectivity index (χ0v) is 11.3. The van der Waals surface area contributed by atoms with Gasteiger partial charge in [-0.3, -0.25) is 4.99 Å². The van der Waals surface area contributed by atoms with Crippen LogP contribution < -0.4 is 5.73 Å². The van der Waals surface area contributed by atoms with Crippen molar-refractivity contribution in [3.05, 3.63) is 0 Å². The molecule has 0 radical (unpaired) electrons. The molecule has 4 fully saturated rings. The zero-order valence-electron chi connectivity index (χ0n) is 11.3. The van der Waals surface area contributed by atoms with Gasteiger partial charge in [0.05, 0.1) is 5.84 Å². The molecular weight excluding hydrogens is 208 g/mol. The maximum absolute atomic E-state index is 6.37. The van der Waals surface area contributed by atoms with E-state index < -0.39 is 0 Å². The van der Waals surface area contributed by atoms with Gasteiger partial charge in [0.2, 0.25) is 0 Å². The summed E-state index contributed by atoms with van der Waals surface area (Å²) < 4.78 is 0. The number of hydrogen-bond donors (Lipinski definition) is 1. The third-order valence-electron chi connectivity index (χ3n) is 5.21. The molecule has 4 rings (SSSR count). The fourth-order valence-electron chi connectivity index (χ4n) is 4.87. The highest BCUT2D eigenvalue weighted by Gasteiger charge is 2.52. The molecule has 0 heterocycles. The molecule has 4 aliphatic rings. The van der Waals surface area contributed by atoms with Gasteiger partial charge in [-0.05, 0) is 62.2 Å². The predicted octanol–water partition coefficient (Wildman–Crippen LogP) is 3.22. The first-order valence-electron chi connectivity index (χ1n) is 7.38. The minimum Gasteiger partial charge on any atom is -0.387 e. The Bertz CT molecular complexity index is 295. The fraction of sp³-hybridized carbons (Fsp3) is 0.933. The maximum Gasteiger partial charge on any atom is 0.1000 e. The number of nitrogens with zero attached hydrogens (tertiary/aromatic N) is 1. The molecule has 4 bridgehead atoms. The third kappa shape index (κ3) is 2.00. The van der Waals surface area contributed by atoms with Crippen molar-refractivity contribution in [2.45, 2.75) is 52.4 Å². The summed E-state index contributed by atoms with van der Waals surface area (Å²) in [5.41, 5.74) is 6.69. The van der Waals surface area contributed by atoms with Crippen molar-refractivity contribution in [3.63, 3.8) is 0 Å². The first-order chi connectivity index (χ1) is 8.07. The highest BCUT2D eigenvalue weighted by atomic mass is 14.9. The van der Waals surface area contributed by atoms with Gasteiger partial charge in [-0.25, -0.2) is 0 Å². The monoisotopic (exact) mass is 234 g/mol. The molecule has 0 aromatic heterocycles. The Morgan fingerprint density at radius 1 is 1.12 bits per heavy atom. The molecule has 0 aliphatic heterocycles. The second-order valence-corrected chi connectivity index (χ2v) is 7.32. The van der Waals surface area contributed by atoms with Crippen molar-refractivity contribution < 1.29 is 0 Å². The Morgan fingerprint density at radius 2 is 1.59 bits per heavy atom. The van der Waals surface area contributed by atoms with Gasteiger partial charge in [-0.15, -0.1) is 0 Å². The smallest absolute Gasteiger partial charge is 0.1000 e. The number of amidine groups is 1. The molecule has 0 spiro atoms. The molecule has 17 heavy (non-hydrogen) atoms. The lowest BCUT2D eigenvalue weighted by Crippen LogP contribution is -2.52. The summed E-state index contributed by atoms with van der Waals surface area (Å²) in [6.07, 6.45) is 8.47. The van der Waals surface area contributed by atoms with Crippen LogP contribution in [0.3, 0.4) is 0 Å². The Hall–Kier alpha value is -0.530. The van der Waals surface area contributed by atoms with Crippen LogP contribution in [0.4, 0.5) is 0 Å². The van der Waals surface area contributed by atoms with E-state index in [-0.39, 0.29) is 0 Å². The van der Waals surface area contributed by atoms with Crippen LogP contribution in [0.2, 0.25) is 0 Å². The molecule has 0 atom stereocenters. The number of nitrogens with two attached hydrogens (primary N) is 1.